The zero-order chi connectivity index (χ0) is 22.1. The Hall–Kier alpha value is -2.13. The van der Waals surface area contributed by atoms with Crippen molar-refractivity contribution in [3.63, 3.8) is 0 Å². The molecule has 0 N–H and O–H groups in total. The van der Waals surface area contributed by atoms with Crippen LogP contribution in [0.3, 0.4) is 0 Å². The summed E-state index contributed by atoms with van der Waals surface area (Å²) in [6, 6.07) is 2.61. The first-order valence-electron chi connectivity index (χ1n) is 11.4. The van der Waals surface area contributed by atoms with Gasteiger partial charge < -0.3 is 4.74 Å². The third-order valence-electron chi connectivity index (χ3n) is 5.94. The first-order chi connectivity index (χ1) is 14.4. The van der Waals surface area contributed by atoms with Crippen LogP contribution in [0, 0.1) is 17.2 Å². The summed E-state index contributed by atoms with van der Waals surface area (Å²) in [7, 11) is 0. The molecule has 0 saturated heterocycles. The van der Waals surface area contributed by atoms with E-state index in [1.807, 2.05) is 41.8 Å². The number of nitrogens with zero attached hydrogens (tertiary/aromatic N) is 5. The summed E-state index contributed by atoms with van der Waals surface area (Å²) >= 11 is 0. The lowest BCUT2D eigenvalue weighted by Crippen LogP contribution is -2.17. The molecule has 2 unspecified atom stereocenters. The zero-order valence-electron chi connectivity index (χ0n) is 19.6. The Kier molecular flexibility index (Phi) is 9.58. The molecule has 0 radical (unpaired) electrons. The van der Waals surface area contributed by atoms with Gasteiger partial charge in [-0.15, -0.1) is 0 Å². The molecule has 2 atom stereocenters. The van der Waals surface area contributed by atoms with Crippen LogP contribution < -0.4 is 0 Å². The molecule has 2 heterocycles. The number of hydrogen-bond donors (Lipinski definition) is 0. The molecule has 3 rings (SSSR count). The van der Waals surface area contributed by atoms with Crippen LogP contribution >= 0.6 is 0 Å². The monoisotopic (exact) mass is 413 g/mol. The van der Waals surface area contributed by atoms with E-state index in [0.717, 1.165) is 6.61 Å². The van der Waals surface area contributed by atoms with Gasteiger partial charge in [-0.1, -0.05) is 40.5 Å². The normalized spacial score (nSPS) is 16.4. The van der Waals surface area contributed by atoms with E-state index >= 15 is 0 Å². The number of aromatic nitrogens is 4. The van der Waals surface area contributed by atoms with E-state index in [-0.39, 0.29) is 12.3 Å². The van der Waals surface area contributed by atoms with Gasteiger partial charge >= 0.3 is 0 Å². The SMILES string of the molecule is CC(C)c1cnn(C(CC#N)C2CCCC2)c1.CCOC(C)n1cc(C(C)C)cn1. The van der Waals surface area contributed by atoms with E-state index in [1.165, 1.54) is 36.8 Å². The molecule has 0 aromatic carbocycles. The third-order valence-corrected chi connectivity index (χ3v) is 5.94. The van der Waals surface area contributed by atoms with Crippen LogP contribution in [0.1, 0.15) is 109 Å². The maximum Gasteiger partial charge on any atom is 0.147 e. The van der Waals surface area contributed by atoms with Gasteiger partial charge in [0.05, 0.1) is 30.9 Å². The fourth-order valence-electron chi connectivity index (χ4n) is 3.91. The summed E-state index contributed by atoms with van der Waals surface area (Å²) < 4.78 is 9.32. The predicted octanol–water partition coefficient (Wildman–Crippen LogP) is 6.21. The minimum absolute atomic E-state index is 0.0394. The maximum atomic E-state index is 8.98. The molecule has 1 aliphatic rings. The Morgan fingerprint density at radius 1 is 1.00 bits per heavy atom. The van der Waals surface area contributed by atoms with Gasteiger partial charge in [-0.2, -0.15) is 15.5 Å². The van der Waals surface area contributed by atoms with Gasteiger partial charge in [-0.3, -0.25) is 4.68 Å². The Balaban J connectivity index is 0.000000222. The fourth-order valence-corrected chi connectivity index (χ4v) is 3.91. The van der Waals surface area contributed by atoms with Gasteiger partial charge in [-0.25, -0.2) is 4.68 Å². The molecule has 0 spiro atoms. The Bertz CT molecular complexity index is 780. The van der Waals surface area contributed by atoms with Crippen LogP contribution in [0.5, 0.6) is 0 Å². The third kappa shape index (κ3) is 6.70. The quantitative estimate of drug-likeness (QED) is 0.515. The van der Waals surface area contributed by atoms with Crippen LogP contribution in [0.4, 0.5) is 0 Å². The van der Waals surface area contributed by atoms with Gasteiger partial charge in [-0.05, 0) is 55.6 Å². The highest BCUT2D eigenvalue weighted by Crippen LogP contribution is 2.36. The molecule has 0 bridgehead atoms. The number of hydrogen-bond acceptors (Lipinski definition) is 4. The van der Waals surface area contributed by atoms with E-state index in [4.69, 9.17) is 10.00 Å². The molecule has 1 fully saturated rings. The standard InChI is InChI=1S/C14H21N3.C10H18N2O/c1-11(2)13-9-16-17(10-13)14(7-8-15)12-5-3-4-6-12;1-5-13-9(4)12-7-10(6-11-12)8(2)3/h9-12,14H,3-7H2,1-2H3;6-9H,5H2,1-4H3. The van der Waals surface area contributed by atoms with E-state index in [0.29, 0.717) is 24.2 Å². The summed E-state index contributed by atoms with van der Waals surface area (Å²) in [4.78, 5) is 0. The zero-order valence-corrected chi connectivity index (χ0v) is 19.6. The minimum Gasteiger partial charge on any atom is -0.357 e. The molecule has 0 aliphatic heterocycles. The summed E-state index contributed by atoms with van der Waals surface area (Å²) in [5.74, 6) is 1.69. The largest absolute Gasteiger partial charge is 0.357 e. The molecular weight excluding hydrogens is 374 g/mol. The highest BCUT2D eigenvalue weighted by molar-refractivity contribution is 5.10. The summed E-state index contributed by atoms with van der Waals surface area (Å²) in [5, 5.41) is 17.7. The Morgan fingerprint density at radius 3 is 2.00 bits per heavy atom. The second-order valence-electron chi connectivity index (χ2n) is 8.85. The summed E-state index contributed by atoms with van der Waals surface area (Å²) in [5.41, 5.74) is 2.53. The first-order valence-corrected chi connectivity index (χ1v) is 11.4. The van der Waals surface area contributed by atoms with Crippen molar-refractivity contribution in [2.45, 2.75) is 97.8 Å². The van der Waals surface area contributed by atoms with Gasteiger partial charge in [0.25, 0.3) is 0 Å². The van der Waals surface area contributed by atoms with Crippen molar-refractivity contribution in [1.82, 2.24) is 19.6 Å². The van der Waals surface area contributed by atoms with Crippen molar-refractivity contribution >= 4 is 0 Å². The number of rotatable bonds is 8. The van der Waals surface area contributed by atoms with Crippen molar-refractivity contribution in [3.05, 3.63) is 35.9 Å². The second kappa shape index (κ2) is 11.9. The van der Waals surface area contributed by atoms with Crippen molar-refractivity contribution in [1.29, 1.82) is 5.26 Å². The van der Waals surface area contributed by atoms with Gasteiger partial charge in [0, 0.05) is 19.0 Å². The minimum atomic E-state index is 0.0394. The molecule has 6 heteroatoms. The van der Waals surface area contributed by atoms with E-state index in [9.17, 15) is 0 Å². The Morgan fingerprint density at radius 2 is 1.53 bits per heavy atom. The molecule has 2 aromatic heterocycles. The van der Waals surface area contributed by atoms with E-state index in [2.05, 4.69) is 50.2 Å². The molecule has 1 aliphatic carbocycles. The van der Waals surface area contributed by atoms with Gasteiger partial charge in [0.15, 0.2) is 0 Å². The average molecular weight is 414 g/mol. The molecular formula is C24H39N5O. The number of ether oxygens (including phenoxy) is 1. The molecule has 2 aromatic rings. The van der Waals surface area contributed by atoms with Gasteiger partial charge in [0.2, 0.25) is 0 Å². The smallest absolute Gasteiger partial charge is 0.147 e. The van der Waals surface area contributed by atoms with Crippen molar-refractivity contribution in [2.75, 3.05) is 6.61 Å². The summed E-state index contributed by atoms with van der Waals surface area (Å²) in [6.07, 6.45) is 13.8. The van der Waals surface area contributed by atoms with Crippen LogP contribution in [-0.4, -0.2) is 26.2 Å². The lowest BCUT2D eigenvalue weighted by molar-refractivity contribution is 0.0159. The van der Waals surface area contributed by atoms with Crippen molar-refractivity contribution in [2.24, 2.45) is 5.92 Å². The molecule has 166 valence electrons. The average Bonchev–Trinajstić information content (AvgIpc) is 3.48. The molecule has 1 saturated carbocycles. The Labute approximate surface area is 182 Å². The topological polar surface area (TPSA) is 68.7 Å². The molecule has 6 nitrogen and oxygen atoms in total. The lowest BCUT2D eigenvalue weighted by atomic mass is 9.96. The highest BCUT2D eigenvalue weighted by atomic mass is 16.5. The predicted molar refractivity (Wildman–Crippen MR) is 120 cm³/mol. The van der Waals surface area contributed by atoms with Gasteiger partial charge in [0.1, 0.15) is 6.23 Å². The number of nitriles is 1. The van der Waals surface area contributed by atoms with E-state index < -0.39 is 0 Å². The first kappa shape index (κ1) is 24.1. The van der Waals surface area contributed by atoms with E-state index in [1.54, 1.807) is 0 Å². The van der Waals surface area contributed by atoms with Crippen LogP contribution in [0.25, 0.3) is 0 Å². The fraction of sp³-hybridized carbons (Fsp3) is 0.708. The van der Waals surface area contributed by atoms with Crippen LogP contribution in [0.15, 0.2) is 24.8 Å². The second-order valence-corrected chi connectivity index (χ2v) is 8.85. The van der Waals surface area contributed by atoms with Crippen molar-refractivity contribution in [3.8, 4) is 6.07 Å². The molecule has 0 amide bonds. The summed E-state index contributed by atoms with van der Waals surface area (Å²) in [6.45, 7) is 13.4. The van der Waals surface area contributed by atoms with Crippen molar-refractivity contribution < 1.29 is 4.74 Å². The molecule has 30 heavy (non-hydrogen) atoms. The van der Waals surface area contributed by atoms with Crippen LogP contribution in [0.2, 0.25) is 0 Å². The highest BCUT2D eigenvalue weighted by Gasteiger charge is 2.27. The van der Waals surface area contributed by atoms with Crippen LogP contribution in [-0.2, 0) is 4.74 Å². The maximum absolute atomic E-state index is 8.98. The lowest BCUT2D eigenvalue weighted by Gasteiger charge is -2.21.